The van der Waals surface area contributed by atoms with Crippen LogP contribution < -0.4 is 0 Å². The molecule has 0 aliphatic carbocycles. The summed E-state index contributed by atoms with van der Waals surface area (Å²) in [5.74, 6) is 0.108. The third-order valence-corrected chi connectivity index (χ3v) is 4.16. The van der Waals surface area contributed by atoms with Crippen LogP contribution in [0.3, 0.4) is 0 Å². The third kappa shape index (κ3) is 2.02. The lowest BCUT2D eigenvalue weighted by Crippen LogP contribution is -2.36. The molecule has 0 saturated carbocycles. The van der Waals surface area contributed by atoms with Crippen LogP contribution in [0, 0.1) is 0 Å². The molecule has 1 aliphatic heterocycles. The molecule has 3 nitrogen and oxygen atoms in total. The fourth-order valence-electron chi connectivity index (χ4n) is 3.10. The molecular formula is C18H16N2O. The maximum absolute atomic E-state index is 12.7. The molecule has 1 N–H and O–H groups in total. The number of aromatic nitrogens is 1. The van der Waals surface area contributed by atoms with Gasteiger partial charge in [-0.05, 0) is 23.6 Å². The predicted molar refractivity (Wildman–Crippen MR) is 83.2 cm³/mol. The molecule has 1 aromatic heterocycles. The number of hydrogen-bond donors (Lipinski definition) is 1. The van der Waals surface area contributed by atoms with Gasteiger partial charge in [-0.3, -0.25) is 4.79 Å². The van der Waals surface area contributed by atoms with Gasteiger partial charge in [-0.25, -0.2) is 0 Å². The molecule has 2 heterocycles. The Kier molecular flexibility index (Phi) is 2.78. The molecule has 0 spiro atoms. The summed E-state index contributed by atoms with van der Waals surface area (Å²) in [5, 5.41) is 1.18. The van der Waals surface area contributed by atoms with Gasteiger partial charge in [0.2, 0.25) is 0 Å². The number of nitrogens with one attached hydrogen (secondary N) is 1. The molecule has 104 valence electrons. The first-order chi connectivity index (χ1) is 10.3. The van der Waals surface area contributed by atoms with E-state index in [-0.39, 0.29) is 5.91 Å². The van der Waals surface area contributed by atoms with Gasteiger partial charge in [0.05, 0.1) is 0 Å². The molecule has 0 radical (unpaired) electrons. The van der Waals surface area contributed by atoms with Crippen LogP contribution in [0.1, 0.15) is 21.6 Å². The Morgan fingerprint density at radius 1 is 1.00 bits per heavy atom. The minimum atomic E-state index is 0.108. The average molecular weight is 276 g/mol. The van der Waals surface area contributed by atoms with Gasteiger partial charge in [-0.1, -0.05) is 48.5 Å². The number of hydrogen-bond acceptors (Lipinski definition) is 1. The Bertz CT molecular complexity index is 804. The number of rotatable bonds is 2. The lowest BCUT2D eigenvalue weighted by molar-refractivity contribution is 0.0722. The summed E-state index contributed by atoms with van der Waals surface area (Å²) >= 11 is 0. The second-order valence-electron chi connectivity index (χ2n) is 5.49. The minimum absolute atomic E-state index is 0.108. The summed E-state index contributed by atoms with van der Waals surface area (Å²) in [5.41, 5.74) is 4.15. The molecule has 21 heavy (non-hydrogen) atoms. The molecule has 3 aromatic rings. The summed E-state index contributed by atoms with van der Waals surface area (Å²) in [4.78, 5) is 17.9. The van der Waals surface area contributed by atoms with Crippen LogP contribution in [0.25, 0.3) is 10.9 Å². The Labute approximate surface area is 123 Å². The van der Waals surface area contributed by atoms with Crippen LogP contribution in [-0.4, -0.2) is 22.3 Å². The number of carbonyl (C=O) groups is 1. The van der Waals surface area contributed by atoms with E-state index in [0.717, 1.165) is 24.2 Å². The zero-order valence-electron chi connectivity index (χ0n) is 11.7. The highest BCUT2D eigenvalue weighted by Crippen LogP contribution is 2.27. The van der Waals surface area contributed by atoms with Crippen molar-refractivity contribution in [2.75, 3.05) is 6.54 Å². The Morgan fingerprint density at radius 3 is 2.62 bits per heavy atom. The highest BCUT2D eigenvalue weighted by molar-refractivity contribution is 6.02. The van der Waals surface area contributed by atoms with Gasteiger partial charge in [0, 0.05) is 24.0 Å². The average Bonchev–Trinajstić information content (AvgIpc) is 2.91. The van der Waals surface area contributed by atoms with Gasteiger partial charge in [-0.2, -0.15) is 0 Å². The molecule has 0 atom stereocenters. The van der Waals surface area contributed by atoms with Gasteiger partial charge in [0.1, 0.15) is 5.69 Å². The molecular weight excluding hydrogens is 260 g/mol. The van der Waals surface area contributed by atoms with E-state index in [9.17, 15) is 4.79 Å². The van der Waals surface area contributed by atoms with Crippen molar-refractivity contribution >= 4 is 16.8 Å². The second kappa shape index (κ2) is 4.77. The second-order valence-corrected chi connectivity index (χ2v) is 5.49. The van der Waals surface area contributed by atoms with Gasteiger partial charge in [-0.15, -0.1) is 0 Å². The largest absolute Gasteiger partial charge is 0.350 e. The monoisotopic (exact) mass is 276 g/mol. The summed E-state index contributed by atoms with van der Waals surface area (Å²) in [7, 11) is 0. The van der Waals surface area contributed by atoms with Gasteiger partial charge in [0.15, 0.2) is 0 Å². The summed E-state index contributed by atoms with van der Waals surface area (Å²) < 4.78 is 0. The molecule has 1 amide bonds. The maximum atomic E-state index is 12.7. The normalized spacial score (nSPS) is 14.5. The van der Waals surface area contributed by atoms with Gasteiger partial charge < -0.3 is 9.88 Å². The van der Waals surface area contributed by atoms with Gasteiger partial charge >= 0.3 is 0 Å². The van der Waals surface area contributed by atoms with Crippen molar-refractivity contribution in [3.63, 3.8) is 0 Å². The maximum Gasteiger partial charge on any atom is 0.270 e. The van der Waals surface area contributed by atoms with E-state index < -0.39 is 0 Å². The minimum Gasteiger partial charge on any atom is -0.350 e. The quantitative estimate of drug-likeness (QED) is 0.765. The van der Waals surface area contributed by atoms with Gasteiger partial charge in [0.25, 0.3) is 5.91 Å². The molecule has 3 heteroatoms. The summed E-state index contributed by atoms with van der Waals surface area (Å²) in [6.45, 7) is 1.46. The number of para-hydroxylation sites is 1. The molecule has 2 aromatic carbocycles. The van der Waals surface area contributed by atoms with E-state index in [4.69, 9.17) is 0 Å². The summed E-state index contributed by atoms with van der Waals surface area (Å²) in [6, 6.07) is 18.3. The van der Waals surface area contributed by atoms with Crippen molar-refractivity contribution in [2.24, 2.45) is 0 Å². The summed E-state index contributed by atoms with van der Waals surface area (Å²) in [6.07, 6.45) is 0.915. The van der Waals surface area contributed by atoms with Crippen molar-refractivity contribution in [3.8, 4) is 0 Å². The molecule has 4 rings (SSSR count). The number of amides is 1. The number of aromatic amines is 1. The highest BCUT2D eigenvalue weighted by atomic mass is 16.2. The Balaban J connectivity index is 1.69. The van der Waals surface area contributed by atoms with E-state index in [1.54, 1.807) is 0 Å². The van der Waals surface area contributed by atoms with Crippen LogP contribution in [0.15, 0.2) is 54.6 Å². The van der Waals surface area contributed by atoms with Crippen LogP contribution in [0.5, 0.6) is 0 Å². The van der Waals surface area contributed by atoms with Crippen LogP contribution in [0.4, 0.5) is 0 Å². The zero-order valence-corrected chi connectivity index (χ0v) is 11.7. The molecule has 0 unspecified atom stereocenters. The molecule has 0 bridgehead atoms. The van der Waals surface area contributed by atoms with Crippen molar-refractivity contribution < 1.29 is 4.79 Å². The molecule has 0 saturated heterocycles. The van der Waals surface area contributed by atoms with Crippen molar-refractivity contribution in [1.29, 1.82) is 0 Å². The SMILES string of the molecule is O=C1c2[nH]c3ccccc3c2CCN1Cc1ccccc1. The lowest BCUT2D eigenvalue weighted by Gasteiger charge is -2.27. The third-order valence-electron chi connectivity index (χ3n) is 4.16. The predicted octanol–water partition coefficient (Wildman–Crippen LogP) is 3.37. The Hall–Kier alpha value is -2.55. The molecule has 0 fully saturated rings. The number of carbonyl (C=O) groups excluding carboxylic acids is 1. The topological polar surface area (TPSA) is 36.1 Å². The van der Waals surface area contributed by atoms with Crippen molar-refractivity contribution in [1.82, 2.24) is 9.88 Å². The van der Waals surface area contributed by atoms with Crippen LogP contribution in [0.2, 0.25) is 0 Å². The number of nitrogens with zero attached hydrogens (tertiary/aromatic N) is 1. The first kappa shape index (κ1) is 12.2. The first-order valence-corrected chi connectivity index (χ1v) is 7.26. The number of fused-ring (bicyclic) bond motifs is 3. The number of H-pyrrole nitrogens is 1. The number of benzene rings is 2. The van der Waals surface area contributed by atoms with E-state index in [1.165, 1.54) is 16.5 Å². The van der Waals surface area contributed by atoms with Crippen molar-refractivity contribution in [2.45, 2.75) is 13.0 Å². The van der Waals surface area contributed by atoms with Crippen molar-refractivity contribution in [3.05, 3.63) is 71.4 Å². The Morgan fingerprint density at radius 2 is 1.76 bits per heavy atom. The smallest absolute Gasteiger partial charge is 0.270 e. The van der Waals surface area contributed by atoms with E-state index in [0.29, 0.717) is 6.54 Å². The fourth-order valence-corrected chi connectivity index (χ4v) is 3.10. The standard InChI is InChI=1S/C18H16N2O/c21-18-17-15(14-8-4-5-9-16(14)19-17)10-11-20(18)12-13-6-2-1-3-7-13/h1-9,19H,10-12H2. The van der Waals surface area contributed by atoms with E-state index >= 15 is 0 Å². The van der Waals surface area contributed by atoms with E-state index in [2.05, 4.69) is 23.2 Å². The van der Waals surface area contributed by atoms with Crippen LogP contribution in [-0.2, 0) is 13.0 Å². The fraction of sp³-hybridized carbons (Fsp3) is 0.167. The van der Waals surface area contributed by atoms with E-state index in [1.807, 2.05) is 41.3 Å². The highest BCUT2D eigenvalue weighted by Gasteiger charge is 2.27. The lowest BCUT2D eigenvalue weighted by atomic mass is 10.0. The zero-order chi connectivity index (χ0) is 14.2. The first-order valence-electron chi connectivity index (χ1n) is 7.26. The molecule has 1 aliphatic rings. The van der Waals surface area contributed by atoms with Crippen LogP contribution >= 0.6 is 0 Å².